The fourth-order valence-electron chi connectivity index (χ4n) is 1.57. The van der Waals surface area contributed by atoms with Crippen LogP contribution in [0.15, 0.2) is 18.2 Å². The lowest BCUT2D eigenvalue weighted by atomic mass is 9.80. The molecule has 0 aromatic heterocycles. The van der Waals surface area contributed by atoms with E-state index in [1.165, 1.54) is 5.56 Å². The molecule has 2 nitrogen and oxygen atoms in total. The van der Waals surface area contributed by atoms with Gasteiger partial charge < -0.3 is 10.8 Å². The van der Waals surface area contributed by atoms with Gasteiger partial charge in [-0.25, -0.2) is 0 Å². The number of aliphatic hydroxyl groups is 1. The Bertz CT molecular complexity index is 375. The van der Waals surface area contributed by atoms with Crippen molar-refractivity contribution in [1.29, 1.82) is 0 Å². The maximum Gasteiger partial charge on any atom is 0.0522 e. The molecule has 1 rings (SSSR count). The Morgan fingerprint density at radius 2 is 1.50 bits per heavy atom. The van der Waals surface area contributed by atoms with E-state index >= 15 is 0 Å². The first-order valence-corrected chi connectivity index (χ1v) is 5.69. The lowest BCUT2D eigenvalue weighted by Gasteiger charge is -2.27. The predicted octanol–water partition coefficient (Wildman–Crippen LogP) is 2.84. The molecule has 0 bridgehead atoms. The number of rotatable bonds is 2. The Kier molecular flexibility index (Phi) is 3.34. The molecule has 1 aromatic rings. The Morgan fingerprint density at radius 3 is 1.94 bits per heavy atom. The Hall–Kier alpha value is -1.02. The summed E-state index contributed by atoms with van der Waals surface area (Å²) in [4.78, 5) is 0. The van der Waals surface area contributed by atoms with Gasteiger partial charge in [0.05, 0.1) is 6.61 Å². The highest BCUT2D eigenvalue weighted by Crippen LogP contribution is 2.30. The molecular formula is C14H23NO. The molecule has 0 aliphatic rings. The maximum atomic E-state index is 9.39. The summed E-state index contributed by atoms with van der Waals surface area (Å²) in [5.74, 6) is 0. The van der Waals surface area contributed by atoms with Gasteiger partial charge in [-0.05, 0) is 28.7 Å². The third-order valence-corrected chi connectivity index (χ3v) is 3.00. The van der Waals surface area contributed by atoms with Crippen LogP contribution in [0.4, 0.5) is 5.69 Å². The van der Waals surface area contributed by atoms with E-state index < -0.39 is 0 Å². The third-order valence-electron chi connectivity index (χ3n) is 3.00. The van der Waals surface area contributed by atoms with Crippen LogP contribution in [0, 0.1) is 0 Å². The van der Waals surface area contributed by atoms with Crippen LogP contribution in [-0.4, -0.2) is 11.7 Å². The van der Waals surface area contributed by atoms with Crippen molar-refractivity contribution in [3.8, 4) is 0 Å². The van der Waals surface area contributed by atoms with E-state index in [2.05, 4.69) is 26.8 Å². The standard InChI is InChI=1S/C14H23NO/c1-13(2,3)10-6-11(8-12(15)7-10)14(4,5)9-16/h6-8,16H,9,15H2,1-5H3. The molecule has 0 saturated heterocycles. The van der Waals surface area contributed by atoms with Crippen molar-refractivity contribution in [2.75, 3.05) is 12.3 Å². The molecule has 0 saturated carbocycles. The van der Waals surface area contributed by atoms with Crippen LogP contribution in [0.2, 0.25) is 0 Å². The number of benzene rings is 1. The van der Waals surface area contributed by atoms with Crippen molar-refractivity contribution in [2.45, 2.75) is 45.4 Å². The first kappa shape index (κ1) is 13.0. The van der Waals surface area contributed by atoms with E-state index in [4.69, 9.17) is 5.73 Å². The van der Waals surface area contributed by atoms with Crippen LogP contribution in [-0.2, 0) is 10.8 Å². The fourth-order valence-corrected chi connectivity index (χ4v) is 1.57. The molecule has 0 aliphatic carbocycles. The van der Waals surface area contributed by atoms with Gasteiger partial charge in [-0.3, -0.25) is 0 Å². The zero-order valence-electron chi connectivity index (χ0n) is 11.0. The van der Waals surface area contributed by atoms with E-state index in [1.807, 2.05) is 26.0 Å². The normalized spacial score (nSPS) is 12.9. The van der Waals surface area contributed by atoms with Crippen LogP contribution < -0.4 is 5.73 Å². The van der Waals surface area contributed by atoms with E-state index in [1.54, 1.807) is 0 Å². The van der Waals surface area contributed by atoms with Gasteiger partial charge in [0.25, 0.3) is 0 Å². The third kappa shape index (κ3) is 2.76. The second-order valence-electron chi connectivity index (χ2n) is 6.14. The topological polar surface area (TPSA) is 46.2 Å². The van der Waals surface area contributed by atoms with E-state index in [0.29, 0.717) is 0 Å². The minimum atomic E-state index is -0.241. The van der Waals surface area contributed by atoms with Crippen LogP contribution in [0.3, 0.4) is 0 Å². The maximum absolute atomic E-state index is 9.39. The molecule has 16 heavy (non-hydrogen) atoms. The van der Waals surface area contributed by atoms with Crippen molar-refractivity contribution >= 4 is 5.69 Å². The molecule has 0 radical (unpaired) electrons. The molecule has 0 atom stereocenters. The number of hydrogen-bond acceptors (Lipinski definition) is 2. The molecule has 0 amide bonds. The van der Waals surface area contributed by atoms with Crippen molar-refractivity contribution in [1.82, 2.24) is 0 Å². The summed E-state index contributed by atoms with van der Waals surface area (Å²) in [6.45, 7) is 10.7. The average Bonchev–Trinajstić information content (AvgIpc) is 2.15. The molecule has 90 valence electrons. The highest BCUT2D eigenvalue weighted by molar-refractivity contribution is 5.48. The molecule has 2 heteroatoms. The van der Waals surface area contributed by atoms with Gasteiger partial charge in [-0.15, -0.1) is 0 Å². The molecule has 0 aliphatic heterocycles. The van der Waals surface area contributed by atoms with Gasteiger partial charge in [0.1, 0.15) is 0 Å². The van der Waals surface area contributed by atoms with E-state index in [-0.39, 0.29) is 17.4 Å². The van der Waals surface area contributed by atoms with Crippen molar-refractivity contribution in [3.05, 3.63) is 29.3 Å². The minimum Gasteiger partial charge on any atom is -0.399 e. The van der Waals surface area contributed by atoms with Crippen molar-refractivity contribution in [2.24, 2.45) is 0 Å². The summed E-state index contributed by atoms with van der Waals surface area (Å²) in [5.41, 5.74) is 8.84. The zero-order valence-corrected chi connectivity index (χ0v) is 11.0. The summed E-state index contributed by atoms with van der Waals surface area (Å²) in [7, 11) is 0. The van der Waals surface area contributed by atoms with Crippen LogP contribution in [0.5, 0.6) is 0 Å². The second-order valence-corrected chi connectivity index (χ2v) is 6.14. The summed E-state index contributed by atoms with van der Waals surface area (Å²) in [6, 6.07) is 6.11. The van der Waals surface area contributed by atoms with Gasteiger partial charge in [-0.1, -0.05) is 40.7 Å². The summed E-state index contributed by atoms with van der Waals surface area (Å²) < 4.78 is 0. The highest BCUT2D eigenvalue weighted by Gasteiger charge is 2.22. The van der Waals surface area contributed by atoms with Crippen LogP contribution in [0.25, 0.3) is 0 Å². The number of aliphatic hydroxyl groups excluding tert-OH is 1. The number of anilines is 1. The molecular weight excluding hydrogens is 198 g/mol. The largest absolute Gasteiger partial charge is 0.399 e. The molecule has 0 fully saturated rings. The smallest absolute Gasteiger partial charge is 0.0522 e. The Morgan fingerprint density at radius 1 is 1.00 bits per heavy atom. The lowest BCUT2D eigenvalue weighted by Crippen LogP contribution is -2.23. The molecule has 1 aromatic carbocycles. The number of nitrogen functional groups attached to an aromatic ring is 1. The summed E-state index contributed by atoms with van der Waals surface area (Å²) in [5, 5.41) is 9.39. The van der Waals surface area contributed by atoms with Crippen LogP contribution in [0.1, 0.15) is 45.7 Å². The molecule has 0 spiro atoms. The van der Waals surface area contributed by atoms with Gasteiger partial charge in [0.2, 0.25) is 0 Å². The number of nitrogens with two attached hydrogens (primary N) is 1. The molecule has 3 N–H and O–H groups in total. The predicted molar refractivity (Wildman–Crippen MR) is 69.7 cm³/mol. The minimum absolute atomic E-state index is 0.0790. The van der Waals surface area contributed by atoms with Crippen LogP contribution >= 0.6 is 0 Å². The quantitative estimate of drug-likeness (QED) is 0.754. The Balaban J connectivity index is 3.29. The Labute approximate surface area is 98.5 Å². The van der Waals surface area contributed by atoms with Gasteiger partial charge in [-0.2, -0.15) is 0 Å². The second kappa shape index (κ2) is 4.10. The lowest BCUT2D eigenvalue weighted by molar-refractivity contribution is 0.218. The average molecular weight is 221 g/mol. The first-order valence-electron chi connectivity index (χ1n) is 5.69. The van der Waals surface area contributed by atoms with Gasteiger partial charge in [0.15, 0.2) is 0 Å². The van der Waals surface area contributed by atoms with Gasteiger partial charge >= 0.3 is 0 Å². The van der Waals surface area contributed by atoms with Gasteiger partial charge in [0, 0.05) is 11.1 Å². The summed E-state index contributed by atoms with van der Waals surface area (Å²) >= 11 is 0. The zero-order chi connectivity index (χ0) is 12.6. The van der Waals surface area contributed by atoms with E-state index in [0.717, 1.165) is 11.3 Å². The SMILES string of the molecule is CC(C)(C)c1cc(N)cc(C(C)(C)CO)c1. The molecule has 0 heterocycles. The highest BCUT2D eigenvalue weighted by atomic mass is 16.3. The fraction of sp³-hybridized carbons (Fsp3) is 0.571. The van der Waals surface area contributed by atoms with Crippen molar-refractivity contribution < 1.29 is 5.11 Å². The van der Waals surface area contributed by atoms with E-state index in [9.17, 15) is 5.11 Å². The molecule has 0 unspecified atom stereocenters. The monoisotopic (exact) mass is 221 g/mol. The first-order chi connectivity index (χ1) is 7.16. The summed E-state index contributed by atoms with van der Waals surface area (Å²) in [6.07, 6.45) is 0. The number of hydrogen-bond donors (Lipinski definition) is 2. The van der Waals surface area contributed by atoms with Crippen molar-refractivity contribution in [3.63, 3.8) is 0 Å².